The fourth-order valence-corrected chi connectivity index (χ4v) is 3.70. The molecule has 4 nitrogen and oxygen atoms in total. The zero-order valence-corrected chi connectivity index (χ0v) is 20.3. The fraction of sp³-hybridized carbons (Fsp3) is 0.379. The second-order valence-corrected chi connectivity index (χ2v) is 8.46. The predicted octanol–water partition coefficient (Wildman–Crippen LogP) is 7.78. The molecule has 0 saturated heterocycles. The van der Waals surface area contributed by atoms with Crippen LogP contribution in [0, 0.1) is 5.82 Å². The summed E-state index contributed by atoms with van der Waals surface area (Å²) in [7, 11) is 0. The largest absolute Gasteiger partial charge is 0.489 e. The molecule has 0 bridgehead atoms. The Hall–Kier alpha value is -3.05. The van der Waals surface area contributed by atoms with Gasteiger partial charge in [-0.25, -0.2) is 14.4 Å². The van der Waals surface area contributed by atoms with Gasteiger partial charge in [-0.05, 0) is 68.5 Å². The molecule has 0 radical (unpaired) electrons. The van der Waals surface area contributed by atoms with E-state index in [1.54, 1.807) is 24.4 Å². The number of unbranched alkanes of at least 4 members (excludes halogenated alkanes) is 3. The van der Waals surface area contributed by atoms with Gasteiger partial charge in [0.2, 0.25) is 0 Å². The highest BCUT2D eigenvalue weighted by molar-refractivity contribution is 5.84. The number of allylic oxidation sites excluding steroid dienone is 1. The number of ether oxygens (including phenoxy) is 2. The lowest BCUT2D eigenvalue weighted by molar-refractivity contribution is 0.0566. The van der Waals surface area contributed by atoms with E-state index in [0.717, 1.165) is 48.8 Å². The highest BCUT2D eigenvalue weighted by atomic mass is 19.1. The summed E-state index contributed by atoms with van der Waals surface area (Å²) in [5.74, 6) is 0.830. The summed E-state index contributed by atoms with van der Waals surface area (Å²) >= 11 is 0. The Bertz CT molecular complexity index is 1100. The zero-order valence-electron chi connectivity index (χ0n) is 20.3. The summed E-state index contributed by atoms with van der Waals surface area (Å²) in [4.78, 5) is 9.08. The van der Waals surface area contributed by atoms with Crippen LogP contribution in [-0.4, -0.2) is 29.3 Å². The summed E-state index contributed by atoms with van der Waals surface area (Å²) < 4.78 is 25.9. The van der Waals surface area contributed by atoms with E-state index in [1.165, 1.54) is 18.9 Å². The van der Waals surface area contributed by atoms with E-state index < -0.39 is 0 Å². The standard InChI is InChI=1S/C29H35FN2O2/c1-4-6-10-18-33-22(3)11-8-7-9-12-29-31-21-24-19-23(13-16-28(24)32-29)26-15-14-25(20-27(26)30)34-17-5-2/h5,9,12-16,19-22H,2,4,6-8,10-11,17-18H2,1,3H3. The number of nitrogens with zero attached hydrogens (tertiary/aromatic N) is 2. The Morgan fingerprint density at radius 3 is 2.79 bits per heavy atom. The van der Waals surface area contributed by atoms with E-state index in [9.17, 15) is 4.39 Å². The number of hydrogen-bond donors (Lipinski definition) is 0. The normalized spacial score (nSPS) is 12.3. The quantitative estimate of drug-likeness (QED) is 0.181. The summed E-state index contributed by atoms with van der Waals surface area (Å²) in [6.07, 6.45) is 14.5. The Morgan fingerprint density at radius 1 is 1.12 bits per heavy atom. The van der Waals surface area contributed by atoms with Crippen molar-refractivity contribution in [3.05, 3.63) is 73.0 Å². The van der Waals surface area contributed by atoms with Gasteiger partial charge in [-0.15, -0.1) is 0 Å². The lowest BCUT2D eigenvalue weighted by Crippen LogP contribution is -2.08. The molecule has 0 aliphatic rings. The molecule has 180 valence electrons. The molecular weight excluding hydrogens is 427 g/mol. The first-order valence-electron chi connectivity index (χ1n) is 12.2. The summed E-state index contributed by atoms with van der Waals surface area (Å²) in [5.41, 5.74) is 2.12. The van der Waals surface area contributed by atoms with Crippen molar-refractivity contribution in [2.45, 2.75) is 58.5 Å². The van der Waals surface area contributed by atoms with Crippen LogP contribution in [0.2, 0.25) is 0 Å². The van der Waals surface area contributed by atoms with Gasteiger partial charge in [0.1, 0.15) is 18.2 Å². The van der Waals surface area contributed by atoms with Crippen molar-refractivity contribution < 1.29 is 13.9 Å². The summed E-state index contributed by atoms with van der Waals surface area (Å²) in [6, 6.07) is 10.6. The van der Waals surface area contributed by atoms with Gasteiger partial charge in [0.05, 0.1) is 11.6 Å². The molecule has 0 aliphatic heterocycles. The first-order valence-corrected chi connectivity index (χ1v) is 12.2. The lowest BCUT2D eigenvalue weighted by atomic mass is 10.0. The number of hydrogen-bond acceptors (Lipinski definition) is 4. The number of rotatable bonds is 14. The number of fused-ring (bicyclic) bond motifs is 1. The molecule has 34 heavy (non-hydrogen) atoms. The van der Waals surface area contributed by atoms with Gasteiger partial charge < -0.3 is 9.47 Å². The highest BCUT2D eigenvalue weighted by Crippen LogP contribution is 2.28. The second-order valence-electron chi connectivity index (χ2n) is 8.46. The van der Waals surface area contributed by atoms with Crippen molar-refractivity contribution >= 4 is 17.0 Å². The van der Waals surface area contributed by atoms with Gasteiger partial charge >= 0.3 is 0 Å². The maximum atomic E-state index is 14.6. The molecule has 1 heterocycles. The molecule has 1 aromatic heterocycles. The van der Waals surface area contributed by atoms with Crippen LogP contribution in [0.15, 0.2) is 61.3 Å². The Kier molecular flexibility index (Phi) is 10.2. The Labute approximate surface area is 202 Å². The number of benzene rings is 2. The van der Waals surface area contributed by atoms with E-state index in [1.807, 2.05) is 24.3 Å². The first kappa shape index (κ1) is 25.6. The third kappa shape index (κ3) is 7.77. The third-order valence-electron chi connectivity index (χ3n) is 5.62. The van der Waals surface area contributed by atoms with E-state index in [-0.39, 0.29) is 5.82 Å². The highest BCUT2D eigenvalue weighted by Gasteiger charge is 2.09. The smallest absolute Gasteiger partial charge is 0.152 e. The van der Waals surface area contributed by atoms with Gasteiger partial charge in [-0.2, -0.15) is 0 Å². The Morgan fingerprint density at radius 2 is 2.00 bits per heavy atom. The van der Waals surface area contributed by atoms with Gasteiger partial charge in [0, 0.05) is 29.8 Å². The topological polar surface area (TPSA) is 44.2 Å². The van der Waals surface area contributed by atoms with Crippen molar-refractivity contribution in [2.75, 3.05) is 13.2 Å². The van der Waals surface area contributed by atoms with Crippen molar-refractivity contribution in [3.63, 3.8) is 0 Å². The number of aromatic nitrogens is 2. The summed E-state index contributed by atoms with van der Waals surface area (Å²) in [6.45, 7) is 9.16. The van der Waals surface area contributed by atoms with Crippen molar-refractivity contribution in [1.82, 2.24) is 9.97 Å². The predicted molar refractivity (Wildman–Crippen MR) is 138 cm³/mol. The average molecular weight is 463 g/mol. The van der Waals surface area contributed by atoms with E-state index in [4.69, 9.17) is 9.47 Å². The molecule has 1 atom stereocenters. The lowest BCUT2D eigenvalue weighted by Gasteiger charge is -2.11. The van der Waals surface area contributed by atoms with Crippen LogP contribution in [0.25, 0.3) is 28.1 Å². The van der Waals surface area contributed by atoms with Crippen LogP contribution in [0.5, 0.6) is 5.75 Å². The SMILES string of the molecule is C=CCOc1ccc(-c2ccc3nc(C=CCCCC(C)OCCCCC)ncc3c2)c(F)c1. The molecule has 0 fully saturated rings. The molecule has 3 aromatic rings. The first-order chi connectivity index (χ1) is 16.6. The van der Waals surface area contributed by atoms with Gasteiger partial charge in [0.15, 0.2) is 5.82 Å². The number of halogens is 1. The fourth-order valence-electron chi connectivity index (χ4n) is 3.70. The van der Waals surface area contributed by atoms with Crippen LogP contribution < -0.4 is 4.74 Å². The van der Waals surface area contributed by atoms with Crippen LogP contribution in [0.1, 0.15) is 58.2 Å². The molecule has 2 aromatic carbocycles. The minimum Gasteiger partial charge on any atom is -0.489 e. The zero-order chi connectivity index (χ0) is 24.2. The molecule has 0 amide bonds. The van der Waals surface area contributed by atoms with Gasteiger partial charge in [-0.3, -0.25) is 0 Å². The maximum absolute atomic E-state index is 14.6. The van der Waals surface area contributed by atoms with E-state index in [2.05, 4.69) is 36.5 Å². The van der Waals surface area contributed by atoms with Crippen LogP contribution >= 0.6 is 0 Å². The van der Waals surface area contributed by atoms with Crippen LogP contribution in [-0.2, 0) is 4.74 Å². The van der Waals surface area contributed by atoms with Gasteiger partial charge in [-0.1, -0.05) is 44.6 Å². The van der Waals surface area contributed by atoms with Crippen LogP contribution in [0.4, 0.5) is 4.39 Å². The minimum absolute atomic E-state index is 0.303. The molecule has 0 aliphatic carbocycles. The van der Waals surface area contributed by atoms with Gasteiger partial charge in [0.25, 0.3) is 0 Å². The molecule has 5 heteroatoms. The third-order valence-corrected chi connectivity index (χ3v) is 5.62. The molecule has 0 saturated carbocycles. The van der Waals surface area contributed by atoms with Crippen molar-refractivity contribution in [1.29, 1.82) is 0 Å². The molecule has 0 spiro atoms. The second kappa shape index (κ2) is 13.6. The average Bonchev–Trinajstić information content (AvgIpc) is 2.85. The molecule has 1 unspecified atom stereocenters. The van der Waals surface area contributed by atoms with E-state index >= 15 is 0 Å². The Balaban J connectivity index is 1.55. The van der Waals surface area contributed by atoms with E-state index in [0.29, 0.717) is 29.8 Å². The molecular formula is C29H35FN2O2. The minimum atomic E-state index is -0.331. The molecule has 0 N–H and O–H groups in total. The summed E-state index contributed by atoms with van der Waals surface area (Å²) in [5, 5.41) is 0.870. The monoisotopic (exact) mass is 462 g/mol. The van der Waals surface area contributed by atoms with Crippen molar-refractivity contribution in [3.8, 4) is 16.9 Å². The molecule has 3 rings (SSSR count). The van der Waals surface area contributed by atoms with Crippen molar-refractivity contribution in [2.24, 2.45) is 0 Å². The maximum Gasteiger partial charge on any atom is 0.152 e. The van der Waals surface area contributed by atoms with Crippen LogP contribution in [0.3, 0.4) is 0 Å².